The molecule has 2 nitrogen and oxygen atoms in total. The lowest BCUT2D eigenvalue weighted by molar-refractivity contribution is 0.290. The van der Waals surface area contributed by atoms with Crippen LogP contribution in [0.4, 0.5) is 0 Å². The molecule has 1 aromatic rings. The molecule has 0 fully saturated rings. The Hall–Kier alpha value is -0.380. The van der Waals surface area contributed by atoms with Gasteiger partial charge in [-0.1, -0.05) is 27.7 Å². The second-order valence-corrected chi connectivity index (χ2v) is 7.22. The molecule has 0 saturated carbocycles. The lowest BCUT2D eigenvalue weighted by atomic mass is 9.84. The summed E-state index contributed by atoms with van der Waals surface area (Å²) >= 11 is 1.85. The Kier molecular flexibility index (Phi) is 6.33. The molecule has 0 amide bonds. The number of thiophene rings is 1. The smallest absolute Gasteiger partial charge is 0.0302 e. The van der Waals surface area contributed by atoms with Crippen LogP contribution in [0.25, 0.3) is 0 Å². The molecule has 0 aliphatic carbocycles. The molecule has 0 spiro atoms. The first kappa shape index (κ1) is 15.7. The second kappa shape index (κ2) is 7.27. The largest absolute Gasteiger partial charge is 0.330 e. The van der Waals surface area contributed by atoms with E-state index in [2.05, 4.69) is 44.5 Å². The standard InChI is InChI=1S/C15H28N2S/c1-5-13-6-7-18-14(13)11-17-10-12(9-16)8-15(2,3)4/h6-7,12,17H,5,8-11,16H2,1-4H3. The van der Waals surface area contributed by atoms with Gasteiger partial charge in [0.05, 0.1) is 0 Å². The normalized spacial score (nSPS) is 13.8. The Bertz CT molecular complexity index is 339. The van der Waals surface area contributed by atoms with Crippen LogP contribution in [0.2, 0.25) is 0 Å². The summed E-state index contributed by atoms with van der Waals surface area (Å²) in [6.07, 6.45) is 2.31. The molecule has 0 aliphatic heterocycles. The van der Waals surface area contributed by atoms with Crippen LogP contribution < -0.4 is 11.1 Å². The fraction of sp³-hybridized carbons (Fsp3) is 0.733. The van der Waals surface area contributed by atoms with E-state index in [0.29, 0.717) is 11.3 Å². The van der Waals surface area contributed by atoms with Crippen LogP contribution in [-0.2, 0) is 13.0 Å². The summed E-state index contributed by atoms with van der Waals surface area (Å²) in [7, 11) is 0. The van der Waals surface area contributed by atoms with Crippen molar-refractivity contribution in [3.8, 4) is 0 Å². The van der Waals surface area contributed by atoms with Crippen molar-refractivity contribution in [1.29, 1.82) is 0 Å². The van der Waals surface area contributed by atoms with Crippen molar-refractivity contribution in [3.05, 3.63) is 21.9 Å². The Morgan fingerprint density at radius 1 is 1.39 bits per heavy atom. The van der Waals surface area contributed by atoms with E-state index in [0.717, 1.165) is 26.1 Å². The molecule has 3 N–H and O–H groups in total. The number of hydrogen-bond donors (Lipinski definition) is 2. The van der Waals surface area contributed by atoms with Crippen molar-refractivity contribution in [3.63, 3.8) is 0 Å². The molecule has 1 atom stereocenters. The van der Waals surface area contributed by atoms with E-state index in [1.54, 1.807) is 0 Å². The summed E-state index contributed by atoms with van der Waals surface area (Å²) in [4.78, 5) is 1.48. The van der Waals surface area contributed by atoms with Crippen LogP contribution >= 0.6 is 11.3 Å². The molecule has 1 heterocycles. The summed E-state index contributed by atoms with van der Waals surface area (Å²) < 4.78 is 0. The minimum absolute atomic E-state index is 0.364. The number of nitrogens with one attached hydrogen (secondary N) is 1. The Morgan fingerprint density at radius 2 is 2.11 bits per heavy atom. The topological polar surface area (TPSA) is 38.0 Å². The lowest BCUT2D eigenvalue weighted by Crippen LogP contribution is -2.31. The molecule has 0 bridgehead atoms. The van der Waals surface area contributed by atoms with Crippen molar-refractivity contribution in [2.45, 2.75) is 47.1 Å². The van der Waals surface area contributed by atoms with E-state index in [4.69, 9.17) is 5.73 Å². The van der Waals surface area contributed by atoms with Crippen molar-refractivity contribution in [1.82, 2.24) is 5.32 Å². The Morgan fingerprint density at radius 3 is 2.67 bits per heavy atom. The molecule has 1 aromatic heterocycles. The van der Waals surface area contributed by atoms with E-state index in [-0.39, 0.29) is 0 Å². The molecule has 1 unspecified atom stereocenters. The fourth-order valence-corrected chi connectivity index (χ4v) is 3.28. The molecule has 3 heteroatoms. The maximum Gasteiger partial charge on any atom is 0.0302 e. The van der Waals surface area contributed by atoms with Crippen LogP contribution in [-0.4, -0.2) is 13.1 Å². The molecule has 0 saturated heterocycles. The van der Waals surface area contributed by atoms with Gasteiger partial charge in [0.15, 0.2) is 0 Å². The van der Waals surface area contributed by atoms with Gasteiger partial charge in [-0.15, -0.1) is 11.3 Å². The second-order valence-electron chi connectivity index (χ2n) is 6.22. The van der Waals surface area contributed by atoms with Gasteiger partial charge < -0.3 is 11.1 Å². The SMILES string of the molecule is CCc1ccsc1CNCC(CN)CC(C)(C)C. The summed E-state index contributed by atoms with van der Waals surface area (Å²) in [6, 6.07) is 2.23. The highest BCUT2D eigenvalue weighted by molar-refractivity contribution is 7.10. The van der Waals surface area contributed by atoms with Gasteiger partial charge in [0.25, 0.3) is 0 Å². The van der Waals surface area contributed by atoms with Crippen molar-refractivity contribution < 1.29 is 0 Å². The zero-order chi connectivity index (χ0) is 13.6. The van der Waals surface area contributed by atoms with Crippen LogP contribution in [0.3, 0.4) is 0 Å². The minimum Gasteiger partial charge on any atom is -0.330 e. The maximum atomic E-state index is 5.86. The predicted octanol–water partition coefficient (Wildman–Crippen LogP) is 3.41. The van der Waals surface area contributed by atoms with Gasteiger partial charge in [0, 0.05) is 11.4 Å². The summed E-state index contributed by atoms with van der Waals surface area (Å²) in [6.45, 7) is 11.8. The molecular weight excluding hydrogens is 240 g/mol. The van der Waals surface area contributed by atoms with Crippen LogP contribution in [0.15, 0.2) is 11.4 Å². The third-order valence-electron chi connectivity index (χ3n) is 3.17. The van der Waals surface area contributed by atoms with E-state index < -0.39 is 0 Å². The molecular formula is C15H28N2S. The first-order chi connectivity index (χ1) is 8.46. The monoisotopic (exact) mass is 268 g/mol. The summed E-state index contributed by atoms with van der Waals surface area (Å²) in [5, 5.41) is 5.75. The third kappa shape index (κ3) is 5.51. The van der Waals surface area contributed by atoms with Crippen molar-refractivity contribution in [2.75, 3.05) is 13.1 Å². The quantitative estimate of drug-likeness (QED) is 0.795. The van der Waals surface area contributed by atoms with Crippen molar-refractivity contribution in [2.24, 2.45) is 17.1 Å². The number of nitrogens with two attached hydrogens (primary N) is 1. The number of aryl methyl sites for hydroxylation is 1. The Labute approximate surface area is 116 Å². The van der Waals surface area contributed by atoms with Gasteiger partial charge in [-0.05, 0) is 54.3 Å². The Balaban J connectivity index is 2.36. The van der Waals surface area contributed by atoms with Crippen molar-refractivity contribution >= 4 is 11.3 Å². The minimum atomic E-state index is 0.364. The average Bonchev–Trinajstić information content (AvgIpc) is 2.73. The van der Waals surface area contributed by atoms with Gasteiger partial charge in [-0.2, -0.15) is 0 Å². The van der Waals surface area contributed by atoms with Crippen LogP contribution in [0.5, 0.6) is 0 Å². The lowest BCUT2D eigenvalue weighted by Gasteiger charge is -2.25. The van der Waals surface area contributed by atoms with Gasteiger partial charge >= 0.3 is 0 Å². The first-order valence-electron chi connectivity index (χ1n) is 6.92. The molecule has 0 aromatic carbocycles. The van der Waals surface area contributed by atoms with E-state index in [1.807, 2.05) is 11.3 Å². The summed E-state index contributed by atoms with van der Waals surface area (Å²) in [5.74, 6) is 0.579. The van der Waals surface area contributed by atoms with Gasteiger partial charge in [0.2, 0.25) is 0 Å². The highest BCUT2D eigenvalue weighted by Gasteiger charge is 2.17. The molecule has 104 valence electrons. The molecule has 0 radical (unpaired) electrons. The van der Waals surface area contributed by atoms with E-state index in [9.17, 15) is 0 Å². The third-order valence-corrected chi connectivity index (χ3v) is 4.13. The zero-order valence-corrected chi connectivity index (χ0v) is 13.1. The number of rotatable bonds is 7. The highest BCUT2D eigenvalue weighted by atomic mass is 32.1. The van der Waals surface area contributed by atoms with Gasteiger partial charge in [-0.3, -0.25) is 0 Å². The van der Waals surface area contributed by atoms with E-state index in [1.165, 1.54) is 16.9 Å². The highest BCUT2D eigenvalue weighted by Crippen LogP contribution is 2.23. The van der Waals surface area contributed by atoms with Gasteiger partial charge in [0.1, 0.15) is 0 Å². The number of hydrogen-bond acceptors (Lipinski definition) is 3. The molecule has 18 heavy (non-hydrogen) atoms. The van der Waals surface area contributed by atoms with Gasteiger partial charge in [-0.25, -0.2) is 0 Å². The maximum absolute atomic E-state index is 5.86. The summed E-state index contributed by atoms with van der Waals surface area (Å²) in [5.41, 5.74) is 7.70. The molecule has 0 aliphatic rings. The molecule has 1 rings (SSSR count). The first-order valence-corrected chi connectivity index (χ1v) is 7.80. The van der Waals surface area contributed by atoms with E-state index >= 15 is 0 Å². The average molecular weight is 268 g/mol. The zero-order valence-electron chi connectivity index (χ0n) is 12.3. The van der Waals surface area contributed by atoms with Crippen LogP contribution in [0.1, 0.15) is 44.6 Å². The predicted molar refractivity (Wildman–Crippen MR) is 82.0 cm³/mol. The fourth-order valence-electron chi connectivity index (χ4n) is 2.33. The van der Waals surface area contributed by atoms with Crippen LogP contribution in [0, 0.1) is 11.3 Å².